The average Bonchev–Trinajstić information content (AvgIpc) is 2.16. The maximum atomic E-state index is 11.0. The first kappa shape index (κ1) is 10.7. The molecule has 1 aromatic rings. The van der Waals surface area contributed by atoms with E-state index in [0.29, 0.717) is 16.5 Å². The molecule has 0 aliphatic heterocycles. The van der Waals surface area contributed by atoms with E-state index in [-0.39, 0.29) is 5.56 Å². The van der Waals surface area contributed by atoms with E-state index < -0.39 is 5.91 Å². The van der Waals surface area contributed by atoms with Gasteiger partial charge in [-0.2, -0.15) is 0 Å². The van der Waals surface area contributed by atoms with Crippen LogP contribution in [-0.2, 0) is 0 Å². The van der Waals surface area contributed by atoms with Crippen molar-refractivity contribution in [2.24, 2.45) is 5.73 Å². The lowest BCUT2D eigenvalue weighted by atomic mass is 10.2. The van der Waals surface area contributed by atoms with Gasteiger partial charge < -0.3 is 15.2 Å². The van der Waals surface area contributed by atoms with E-state index in [2.05, 4.69) is 0 Å². The van der Waals surface area contributed by atoms with Crippen LogP contribution in [0.1, 0.15) is 10.4 Å². The molecule has 0 heterocycles. The number of halogens is 1. The van der Waals surface area contributed by atoms with Crippen LogP contribution in [0.25, 0.3) is 0 Å². The summed E-state index contributed by atoms with van der Waals surface area (Å²) in [5.74, 6) is 0.0702. The highest BCUT2D eigenvalue weighted by Gasteiger charge is 2.15. The second-order valence-corrected chi connectivity index (χ2v) is 2.99. The van der Waals surface area contributed by atoms with Crippen LogP contribution >= 0.6 is 11.6 Å². The summed E-state index contributed by atoms with van der Waals surface area (Å²) in [5, 5.41) is 0.372. The van der Waals surface area contributed by atoms with Crippen LogP contribution in [-0.4, -0.2) is 20.1 Å². The molecular weight excluding hydrogens is 206 g/mol. The number of hydrogen-bond donors (Lipinski definition) is 1. The minimum Gasteiger partial charge on any atom is -0.493 e. The molecule has 2 N–H and O–H groups in total. The zero-order valence-corrected chi connectivity index (χ0v) is 8.59. The molecule has 0 aromatic heterocycles. The molecule has 0 aliphatic rings. The number of ether oxygens (including phenoxy) is 2. The van der Waals surface area contributed by atoms with Crippen molar-refractivity contribution in [2.75, 3.05) is 14.2 Å². The molecule has 76 valence electrons. The number of carbonyl (C=O) groups is 1. The van der Waals surface area contributed by atoms with Gasteiger partial charge in [-0.05, 0) is 6.07 Å². The Bertz CT molecular complexity index is 365. The molecule has 0 bridgehead atoms. The van der Waals surface area contributed by atoms with E-state index in [0.717, 1.165) is 0 Å². The van der Waals surface area contributed by atoms with Crippen molar-refractivity contribution in [1.82, 2.24) is 0 Å². The van der Waals surface area contributed by atoms with Gasteiger partial charge in [-0.1, -0.05) is 11.6 Å². The zero-order valence-electron chi connectivity index (χ0n) is 7.83. The molecule has 0 saturated heterocycles. The first-order chi connectivity index (χ1) is 6.60. The molecule has 1 rings (SSSR count). The highest BCUT2D eigenvalue weighted by Crippen LogP contribution is 2.33. The Labute approximate surface area is 86.6 Å². The second kappa shape index (κ2) is 4.19. The molecule has 1 amide bonds. The number of hydrogen-bond acceptors (Lipinski definition) is 3. The number of amides is 1. The van der Waals surface area contributed by atoms with Crippen molar-refractivity contribution in [3.63, 3.8) is 0 Å². The standard InChI is InChI=1S/C9H10ClNO3/c1-13-7-4-5(10)3-6(9(11)12)8(7)14-2/h3-4H,1-2H3,(H2,11,12). The molecular formula is C9H10ClNO3. The lowest BCUT2D eigenvalue weighted by Gasteiger charge is -2.10. The maximum absolute atomic E-state index is 11.0. The van der Waals surface area contributed by atoms with Gasteiger partial charge in [0.15, 0.2) is 11.5 Å². The van der Waals surface area contributed by atoms with Crippen molar-refractivity contribution in [3.05, 3.63) is 22.7 Å². The summed E-state index contributed by atoms with van der Waals surface area (Å²) in [4.78, 5) is 11.0. The van der Waals surface area contributed by atoms with Gasteiger partial charge in [-0.3, -0.25) is 4.79 Å². The Hall–Kier alpha value is -1.42. The lowest BCUT2D eigenvalue weighted by molar-refractivity contribution is 0.0996. The van der Waals surface area contributed by atoms with Crippen molar-refractivity contribution in [2.45, 2.75) is 0 Å². The molecule has 4 nitrogen and oxygen atoms in total. The Kier molecular flexibility index (Phi) is 3.19. The van der Waals surface area contributed by atoms with Crippen LogP contribution in [0.5, 0.6) is 11.5 Å². The second-order valence-electron chi connectivity index (χ2n) is 2.55. The monoisotopic (exact) mass is 215 g/mol. The Balaban J connectivity index is 3.39. The number of methoxy groups -OCH3 is 2. The zero-order chi connectivity index (χ0) is 10.7. The van der Waals surface area contributed by atoms with Gasteiger partial charge in [-0.15, -0.1) is 0 Å². The molecule has 0 aliphatic carbocycles. The van der Waals surface area contributed by atoms with Gasteiger partial charge in [0.2, 0.25) is 0 Å². The van der Waals surface area contributed by atoms with Crippen LogP contribution in [0, 0.1) is 0 Å². The van der Waals surface area contributed by atoms with Crippen molar-refractivity contribution >= 4 is 17.5 Å². The number of carbonyl (C=O) groups excluding carboxylic acids is 1. The van der Waals surface area contributed by atoms with Gasteiger partial charge in [0.1, 0.15) is 0 Å². The molecule has 14 heavy (non-hydrogen) atoms. The van der Waals surface area contributed by atoms with E-state index in [1.165, 1.54) is 20.3 Å². The fourth-order valence-corrected chi connectivity index (χ4v) is 1.32. The quantitative estimate of drug-likeness (QED) is 0.830. The van der Waals surface area contributed by atoms with Crippen LogP contribution < -0.4 is 15.2 Å². The van der Waals surface area contributed by atoms with Crippen molar-refractivity contribution < 1.29 is 14.3 Å². The predicted molar refractivity (Wildman–Crippen MR) is 53.1 cm³/mol. The molecule has 0 unspecified atom stereocenters. The Morgan fingerprint density at radius 1 is 1.36 bits per heavy atom. The number of benzene rings is 1. The summed E-state index contributed by atoms with van der Waals surface area (Å²) in [5.41, 5.74) is 5.35. The fourth-order valence-electron chi connectivity index (χ4n) is 1.11. The summed E-state index contributed by atoms with van der Waals surface area (Å²) < 4.78 is 9.99. The van der Waals surface area contributed by atoms with Crippen LogP contribution in [0.15, 0.2) is 12.1 Å². The molecule has 0 fully saturated rings. The van der Waals surface area contributed by atoms with Gasteiger partial charge in [-0.25, -0.2) is 0 Å². The third kappa shape index (κ3) is 1.90. The van der Waals surface area contributed by atoms with E-state index in [9.17, 15) is 4.79 Å². The van der Waals surface area contributed by atoms with Gasteiger partial charge in [0.05, 0.1) is 19.8 Å². The summed E-state index contributed by atoms with van der Waals surface area (Å²) in [6.07, 6.45) is 0. The van der Waals surface area contributed by atoms with E-state index in [1.807, 2.05) is 0 Å². The average molecular weight is 216 g/mol. The van der Waals surface area contributed by atoms with E-state index in [1.54, 1.807) is 6.07 Å². The van der Waals surface area contributed by atoms with Gasteiger partial charge in [0.25, 0.3) is 5.91 Å². The minimum absolute atomic E-state index is 0.205. The van der Waals surface area contributed by atoms with Gasteiger partial charge in [0, 0.05) is 11.1 Å². The highest BCUT2D eigenvalue weighted by atomic mass is 35.5. The smallest absolute Gasteiger partial charge is 0.252 e. The highest BCUT2D eigenvalue weighted by molar-refractivity contribution is 6.31. The largest absolute Gasteiger partial charge is 0.493 e. The third-order valence-corrected chi connectivity index (χ3v) is 1.93. The Morgan fingerprint density at radius 3 is 2.43 bits per heavy atom. The topological polar surface area (TPSA) is 61.5 Å². The molecule has 0 saturated carbocycles. The minimum atomic E-state index is -0.609. The molecule has 1 aromatic carbocycles. The van der Waals surface area contributed by atoms with Crippen molar-refractivity contribution in [1.29, 1.82) is 0 Å². The molecule has 0 radical (unpaired) electrons. The normalized spacial score (nSPS) is 9.64. The van der Waals surface area contributed by atoms with Crippen molar-refractivity contribution in [3.8, 4) is 11.5 Å². The summed E-state index contributed by atoms with van der Waals surface area (Å²) in [7, 11) is 2.89. The van der Waals surface area contributed by atoms with E-state index >= 15 is 0 Å². The van der Waals surface area contributed by atoms with Crippen LogP contribution in [0.2, 0.25) is 5.02 Å². The number of nitrogens with two attached hydrogens (primary N) is 1. The first-order valence-corrected chi connectivity index (χ1v) is 4.19. The van der Waals surface area contributed by atoms with Crippen LogP contribution in [0.4, 0.5) is 0 Å². The fraction of sp³-hybridized carbons (Fsp3) is 0.222. The first-order valence-electron chi connectivity index (χ1n) is 3.81. The Morgan fingerprint density at radius 2 is 2.00 bits per heavy atom. The number of rotatable bonds is 3. The van der Waals surface area contributed by atoms with E-state index in [4.69, 9.17) is 26.8 Å². The van der Waals surface area contributed by atoms with Crippen LogP contribution in [0.3, 0.4) is 0 Å². The molecule has 0 atom stereocenters. The molecule has 0 spiro atoms. The summed E-state index contributed by atoms with van der Waals surface area (Å²) in [6, 6.07) is 2.98. The lowest BCUT2D eigenvalue weighted by Crippen LogP contribution is -2.13. The predicted octanol–water partition coefficient (Wildman–Crippen LogP) is 1.46. The SMILES string of the molecule is COc1cc(Cl)cc(C(N)=O)c1OC. The molecule has 5 heteroatoms. The van der Waals surface area contributed by atoms with Gasteiger partial charge >= 0.3 is 0 Å². The maximum Gasteiger partial charge on any atom is 0.252 e. The third-order valence-electron chi connectivity index (χ3n) is 1.71. The summed E-state index contributed by atoms with van der Waals surface area (Å²) in [6.45, 7) is 0. The summed E-state index contributed by atoms with van der Waals surface area (Å²) >= 11 is 5.76. The number of primary amides is 1.